The van der Waals surface area contributed by atoms with Gasteiger partial charge in [0.25, 0.3) is 0 Å². The summed E-state index contributed by atoms with van der Waals surface area (Å²) in [6.07, 6.45) is 3.73. The molecule has 4 heterocycles. The number of thiophene rings is 1. The van der Waals surface area contributed by atoms with E-state index in [1.165, 1.54) is 10.4 Å². The third-order valence-electron chi connectivity index (χ3n) is 6.58. The maximum absolute atomic E-state index is 13.4. The number of sulfone groups is 1. The Balaban J connectivity index is 1.48. The van der Waals surface area contributed by atoms with Crippen molar-refractivity contribution in [1.29, 1.82) is 0 Å². The molecule has 0 spiro atoms. The number of hydrogen-bond acceptors (Lipinski definition) is 7. The zero-order valence-electron chi connectivity index (χ0n) is 18.8. The van der Waals surface area contributed by atoms with Crippen LogP contribution in [0.15, 0.2) is 6.33 Å². The van der Waals surface area contributed by atoms with E-state index in [2.05, 4.69) is 42.6 Å². The molecule has 4 rings (SSSR count). The molecule has 31 heavy (non-hydrogen) atoms. The topological polar surface area (TPSA) is 83.5 Å². The van der Waals surface area contributed by atoms with E-state index in [4.69, 9.17) is 0 Å². The summed E-state index contributed by atoms with van der Waals surface area (Å²) in [6.45, 7) is 10.6. The first-order valence-electron chi connectivity index (χ1n) is 11.1. The molecule has 2 aromatic rings. The number of amides is 1. The molecule has 0 radical (unpaired) electrons. The summed E-state index contributed by atoms with van der Waals surface area (Å²) < 4.78 is 24.0. The Bertz CT molecular complexity index is 1070. The Morgan fingerprint density at radius 2 is 1.94 bits per heavy atom. The Kier molecular flexibility index (Phi) is 6.27. The molecule has 0 aromatic carbocycles. The van der Waals surface area contributed by atoms with Gasteiger partial charge >= 0.3 is 0 Å². The summed E-state index contributed by atoms with van der Waals surface area (Å²) in [5, 5.41) is 1.13. The summed E-state index contributed by atoms with van der Waals surface area (Å²) in [4.78, 5) is 28.9. The molecule has 1 amide bonds. The van der Waals surface area contributed by atoms with Crippen LogP contribution < -0.4 is 4.90 Å². The van der Waals surface area contributed by atoms with Crippen molar-refractivity contribution >= 4 is 43.1 Å². The first kappa shape index (κ1) is 22.5. The van der Waals surface area contributed by atoms with E-state index in [0.717, 1.165) is 42.0 Å². The zero-order valence-corrected chi connectivity index (χ0v) is 20.4. The van der Waals surface area contributed by atoms with Gasteiger partial charge in [0.2, 0.25) is 5.91 Å². The van der Waals surface area contributed by atoms with E-state index in [0.29, 0.717) is 18.9 Å². The summed E-state index contributed by atoms with van der Waals surface area (Å²) in [5.41, 5.74) is 1.24. The van der Waals surface area contributed by atoms with Crippen LogP contribution in [0.4, 0.5) is 5.82 Å². The van der Waals surface area contributed by atoms with Gasteiger partial charge in [-0.05, 0) is 44.6 Å². The van der Waals surface area contributed by atoms with E-state index in [-0.39, 0.29) is 29.4 Å². The maximum atomic E-state index is 13.4. The number of anilines is 1. The standard InChI is InChI=1S/C22H32N4O3S2/c1-14(2)11-26(18-7-10-31(28,29)12-18)22(27)17-5-8-25(9-6-17)20-19-15(3)16(4)30-21(19)24-13-23-20/h13-14,17-18H,5-12H2,1-4H3/t18-/m1/s1. The second-order valence-electron chi connectivity index (χ2n) is 9.36. The van der Waals surface area contributed by atoms with Gasteiger partial charge in [0.05, 0.1) is 16.9 Å². The molecule has 2 fully saturated rings. The van der Waals surface area contributed by atoms with Crippen molar-refractivity contribution in [2.24, 2.45) is 11.8 Å². The molecule has 170 valence electrons. The van der Waals surface area contributed by atoms with Crippen LogP contribution in [0.5, 0.6) is 0 Å². The second kappa shape index (κ2) is 8.65. The minimum absolute atomic E-state index is 0.0547. The lowest BCUT2D eigenvalue weighted by Crippen LogP contribution is -2.48. The van der Waals surface area contributed by atoms with Crippen LogP contribution in [0.1, 0.15) is 43.6 Å². The highest BCUT2D eigenvalue weighted by atomic mass is 32.2. The molecular formula is C22H32N4O3S2. The number of carbonyl (C=O) groups excluding carboxylic acids is 1. The van der Waals surface area contributed by atoms with Crippen LogP contribution in [0, 0.1) is 25.7 Å². The van der Waals surface area contributed by atoms with E-state index >= 15 is 0 Å². The molecule has 0 saturated carbocycles. The number of hydrogen-bond donors (Lipinski definition) is 0. The summed E-state index contributed by atoms with van der Waals surface area (Å²) in [7, 11) is -3.02. The summed E-state index contributed by atoms with van der Waals surface area (Å²) in [6, 6.07) is -0.171. The largest absolute Gasteiger partial charge is 0.356 e. The fourth-order valence-electron chi connectivity index (χ4n) is 4.81. The van der Waals surface area contributed by atoms with Crippen LogP contribution in [0.25, 0.3) is 10.2 Å². The number of rotatable bonds is 5. The number of aryl methyl sites for hydroxylation is 2. The van der Waals surface area contributed by atoms with Crippen LogP contribution in [-0.4, -0.2) is 66.4 Å². The van der Waals surface area contributed by atoms with Gasteiger partial charge in [-0.1, -0.05) is 13.8 Å². The first-order valence-corrected chi connectivity index (χ1v) is 13.8. The van der Waals surface area contributed by atoms with E-state index in [9.17, 15) is 13.2 Å². The third-order valence-corrected chi connectivity index (χ3v) is 9.45. The van der Waals surface area contributed by atoms with Crippen LogP contribution in [-0.2, 0) is 14.6 Å². The highest BCUT2D eigenvalue weighted by molar-refractivity contribution is 7.91. The molecule has 9 heteroatoms. The minimum atomic E-state index is -3.02. The van der Waals surface area contributed by atoms with Gasteiger partial charge in [0, 0.05) is 36.5 Å². The lowest BCUT2D eigenvalue weighted by atomic mass is 9.93. The van der Waals surface area contributed by atoms with Crippen LogP contribution >= 0.6 is 11.3 Å². The SMILES string of the molecule is Cc1sc2ncnc(N3CCC(C(=O)N(CC(C)C)[C@@H]4CCS(=O)(=O)C4)CC3)c2c1C. The van der Waals surface area contributed by atoms with Crippen molar-refractivity contribution in [2.45, 2.75) is 53.0 Å². The molecule has 1 atom stereocenters. The number of piperidine rings is 1. The lowest BCUT2D eigenvalue weighted by molar-refractivity contribution is -0.138. The van der Waals surface area contributed by atoms with Crippen molar-refractivity contribution in [3.8, 4) is 0 Å². The van der Waals surface area contributed by atoms with Crippen molar-refractivity contribution in [1.82, 2.24) is 14.9 Å². The van der Waals surface area contributed by atoms with Crippen molar-refractivity contribution in [2.75, 3.05) is 36.0 Å². The third kappa shape index (κ3) is 4.58. The highest BCUT2D eigenvalue weighted by Gasteiger charge is 2.38. The van der Waals surface area contributed by atoms with Gasteiger partial charge < -0.3 is 9.80 Å². The quantitative estimate of drug-likeness (QED) is 0.676. The van der Waals surface area contributed by atoms with Gasteiger partial charge in [-0.25, -0.2) is 18.4 Å². The molecular weight excluding hydrogens is 432 g/mol. The molecule has 0 N–H and O–H groups in total. The van der Waals surface area contributed by atoms with Crippen LogP contribution in [0.2, 0.25) is 0 Å². The Hall–Kier alpha value is -1.74. The highest BCUT2D eigenvalue weighted by Crippen LogP contribution is 2.36. The number of nitrogens with zero attached hydrogens (tertiary/aromatic N) is 4. The van der Waals surface area contributed by atoms with Gasteiger partial charge in [-0.15, -0.1) is 11.3 Å². The Morgan fingerprint density at radius 1 is 1.23 bits per heavy atom. The normalized spacial score (nSPS) is 21.8. The van der Waals surface area contributed by atoms with E-state index in [1.54, 1.807) is 17.7 Å². The summed E-state index contributed by atoms with van der Waals surface area (Å²) >= 11 is 1.70. The number of fused-ring (bicyclic) bond motifs is 1. The molecule has 2 saturated heterocycles. The predicted molar refractivity (Wildman–Crippen MR) is 125 cm³/mol. The van der Waals surface area contributed by atoms with Gasteiger partial charge in [-0.2, -0.15) is 0 Å². The number of carbonyl (C=O) groups is 1. The van der Waals surface area contributed by atoms with E-state index in [1.807, 2.05) is 4.90 Å². The zero-order chi connectivity index (χ0) is 22.3. The fourth-order valence-corrected chi connectivity index (χ4v) is 7.53. The minimum Gasteiger partial charge on any atom is -0.356 e. The Morgan fingerprint density at radius 3 is 2.55 bits per heavy atom. The summed E-state index contributed by atoms with van der Waals surface area (Å²) in [5.74, 6) is 1.66. The smallest absolute Gasteiger partial charge is 0.226 e. The molecule has 0 unspecified atom stereocenters. The first-order chi connectivity index (χ1) is 14.7. The molecule has 7 nitrogen and oxygen atoms in total. The monoisotopic (exact) mass is 464 g/mol. The average molecular weight is 465 g/mol. The fraction of sp³-hybridized carbons (Fsp3) is 0.682. The van der Waals surface area contributed by atoms with Crippen molar-refractivity contribution in [3.05, 3.63) is 16.8 Å². The average Bonchev–Trinajstić information content (AvgIpc) is 3.24. The van der Waals surface area contributed by atoms with Gasteiger partial charge in [-0.3, -0.25) is 4.79 Å². The molecule has 2 aliphatic heterocycles. The van der Waals surface area contributed by atoms with Crippen molar-refractivity contribution in [3.63, 3.8) is 0 Å². The lowest BCUT2D eigenvalue weighted by Gasteiger charge is -2.37. The molecule has 0 aliphatic carbocycles. The van der Waals surface area contributed by atoms with Crippen LogP contribution in [0.3, 0.4) is 0 Å². The van der Waals surface area contributed by atoms with E-state index < -0.39 is 9.84 Å². The predicted octanol–water partition coefficient (Wildman–Crippen LogP) is 3.20. The molecule has 2 aromatic heterocycles. The van der Waals surface area contributed by atoms with Gasteiger partial charge in [0.1, 0.15) is 17.0 Å². The number of aromatic nitrogens is 2. The Labute approximate surface area is 188 Å². The van der Waals surface area contributed by atoms with Gasteiger partial charge in [0.15, 0.2) is 9.84 Å². The van der Waals surface area contributed by atoms with Crippen molar-refractivity contribution < 1.29 is 13.2 Å². The molecule has 2 aliphatic rings. The maximum Gasteiger partial charge on any atom is 0.226 e. The molecule has 0 bridgehead atoms. The second-order valence-corrected chi connectivity index (χ2v) is 12.8.